The van der Waals surface area contributed by atoms with Crippen LogP contribution in [0.3, 0.4) is 0 Å². The molecule has 1 aliphatic rings. The fraction of sp³-hybridized carbons (Fsp3) is 0.192. The molecule has 0 spiro atoms. The van der Waals surface area contributed by atoms with E-state index in [-0.39, 0.29) is 36.7 Å². The molecule has 0 bridgehead atoms. The highest BCUT2D eigenvalue weighted by Crippen LogP contribution is 2.28. The molecule has 1 saturated heterocycles. The largest absolute Gasteiger partial charge is 0.345 e. The van der Waals surface area contributed by atoms with Crippen molar-refractivity contribution >= 4 is 40.7 Å². The highest BCUT2D eigenvalue weighted by molar-refractivity contribution is 6.30. The number of amides is 3. The summed E-state index contributed by atoms with van der Waals surface area (Å²) in [6, 6.07) is 23.3. The molecule has 3 aromatic carbocycles. The lowest BCUT2D eigenvalue weighted by molar-refractivity contribution is -0.122. The lowest BCUT2D eigenvalue weighted by Gasteiger charge is -2.18. The number of carbonyl (C=O) groups excluding carboxylic acids is 3. The summed E-state index contributed by atoms with van der Waals surface area (Å²) in [7, 11) is 0. The van der Waals surface area contributed by atoms with E-state index in [1.54, 1.807) is 53.4 Å². The van der Waals surface area contributed by atoms with E-state index in [0.29, 0.717) is 22.0 Å². The molecule has 1 heterocycles. The summed E-state index contributed by atoms with van der Waals surface area (Å²) in [5.74, 6) is -1.23. The molecular weight excluding hydrogens is 438 g/mol. The van der Waals surface area contributed by atoms with Gasteiger partial charge in [0, 0.05) is 23.7 Å². The molecule has 2 atom stereocenters. The van der Waals surface area contributed by atoms with E-state index in [9.17, 15) is 14.4 Å². The number of halogens is 1. The van der Waals surface area contributed by atoms with Crippen LogP contribution in [0, 0.1) is 5.92 Å². The van der Waals surface area contributed by atoms with Crippen LogP contribution in [0.2, 0.25) is 5.02 Å². The highest BCUT2D eigenvalue weighted by Gasteiger charge is 2.35. The third-order valence-electron chi connectivity index (χ3n) is 5.71. The molecule has 3 amide bonds. The molecule has 0 saturated carbocycles. The molecule has 0 aromatic heterocycles. The van der Waals surface area contributed by atoms with E-state index < -0.39 is 5.92 Å². The molecule has 168 valence electrons. The van der Waals surface area contributed by atoms with Gasteiger partial charge in [0.2, 0.25) is 11.8 Å². The molecule has 6 nitrogen and oxygen atoms in total. The molecule has 3 aromatic rings. The number of hydrogen-bond donors (Lipinski definition) is 2. The van der Waals surface area contributed by atoms with E-state index in [4.69, 9.17) is 11.6 Å². The molecule has 1 fully saturated rings. The van der Waals surface area contributed by atoms with Gasteiger partial charge in [-0.2, -0.15) is 0 Å². The summed E-state index contributed by atoms with van der Waals surface area (Å²) >= 11 is 5.93. The van der Waals surface area contributed by atoms with Crippen LogP contribution >= 0.6 is 11.6 Å². The van der Waals surface area contributed by atoms with Crippen molar-refractivity contribution in [2.75, 3.05) is 16.8 Å². The monoisotopic (exact) mass is 461 g/mol. The maximum absolute atomic E-state index is 13.0. The zero-order valence-corrected chi connectivity index (χ0v) is 18.9. The first-order valence-electron chi connectivity index (χ1n) is 10.7. The molecule has 33 heavy (non-hydrogen) atoms. The SMILES string of the molecule is C[C@@H](NC(=O)c1ccccc1NC(=O)[C@H]1CC(=O)N(c2ccc(Cl)cc2)C1)c1ccccc1. The smallest absolute Gasteiger partial charge is 0.253 e. The normalized spacial score (nSPS) is 16.4. The average molecular weight is 462 g/mol. The van der Waals surface area contributed by atoms with Crippen molar-refractivity contribution < 1.29 is 14.4 Å². The fourth-order valence-electron chi connectivity index (χ4n) is 3.88. The second-order valence-corrected chi connectivity index (χ2v) is 8.46. The number of carbonyl (C=O) groups is 3. The first-order valence-corrected chi connectivity index (χ1v) is 11.1. The van der Waals surface area contributed by atoms with E-state index in [1.165, 1.54) is 0 Å². The Hall–Kier alpha value is -3.64. The van der Waals surface area contributed by atoms with Crippen LogP contribution in [0.4, 0.5) is 11.4 Å². The van der Waals surface area contributed by atoms with Crippen LogP contribution in [0.1, 0.15) is 35.3 Å². The van der Waals surface area contributed by atoms with Crippen LogP contribution in [0.15, 0.2) is 78.9 Å². The van der Waals surface area contributed by atoms with Crippen LogP contribution in [0.5, 0.6) is 0 Å². The van der Waals surface area contributed by atoms with Gasteiger partial charge < -0.3 is 15.5 Å². The molecule has 7 heteroatoms. The third kappa shape index (κ3) is 5.23. The summed E-state index contributed by atoms with van der Waals surface area (Å²) in [4.78, 5) is 40.0. The van der Waals surface area contributed by atoms with Crippen molar-refractivity contribution in [1.29, 1.82) is 0 Å². The van der Waals surface area contributed by atoms with Gasteiger partial charge in [-0.05, 0) is 48.9 Å². The predicted octanol–water partition coefficient (Wildman–Crippen LogP) is 4.82. The average Bonchev–Trinajstić information content (AvgIpc) is 3.22. The molecule has 0 aliphatic carbocycles. The Bertz CT molecular complexity index is 1160. The Morgan fingerprint density at radius 1 is 0.970 bits per heavy atom. The number of nitrogens with one attached hydrogen (secondary N) is 2. The Labute approximate surface area is 197 Å². The van der Waals surface area contributed by atoms with Crippen molar-refractivity contribution in [2.24, 2.45) is 5.92 Å². The Morgan fingerprint density at radius 3 is 2.36 bits per heavy atom. The summed E-state index contributed by atoms with van der Waals surface area (Å²) in [5, 5.41) is 6.40. The summed E-state index contributed by atoms with van der Waals surface area (Å²) in [6.07, 6.45) is 0.105. The molecule has 4 rings (SSSR count). The Kier molecular flexibility index (Phi) is 6.75. The number of benzene rings is 3. The lowest BCUT2D eigenvalue weighted by atomic mass is 10.1. The maximum atomic E-state index is 13.0. The van der Waals surface area contributed by atoms with E-state index in [2.05, 4.69) is 10.6 Å². The highest BCUT2D eigenvalue weighted by atomic mass is 35.5. The number of rotatable bonds is 6. The fourth-order valence-corrected chi connectivity index (χ4v) is 4.00. The standard InChI is InChI=1S/C26H24ClN3O3/c1-17(18-7-3-2-4-8-18)28-26(33)22-9-5-6-10-23(22)29-25(32)19-15-24(31)30(16-19)21-13-11-20(27)12-14-21/h2-14,17,19H,15-16H2,1H3,(H,28,33)(H,29,32)/t17-,19+/m1/s1. The summed E-state index contributed by atoms with van der Waals surface area (Å²) in [6.45, 7) is 2.18. The quantitative estimate of drug-likeness (QED) is 0.552. The van der Waals surface area contributed by atoms with Gasteiger partial charge in [-0.1, -0.05) is 54.1 Å². The summed E-state index contributed by atoms with van der Waals surface area (Å²) in [5.41, 5.74) is 2.47. The Balaban J connectivity index is 1.44. The van der Waals surface area contributed by atoms with Crippen LogP contribution in [-0.2, 0) is 9.59 Å². The van der Waals surface area contributed by atoms with Crippen LogP contribution < -0.4 is 15.5 Å². The van der Waals surface area contributed by atoms with Gasteiger partial charge in [0.15, 0.2) is 0 Å². The van der Waals surface area contributed by atoms with Gasteiger partial charge in [-0.15, -0.1) is 0 Å². The Morgan fingerprint density at radius 2 is 1.64 bits per heavy atom. The van der Waals surface area contributed by atoms with Gasteiger partial charge in [-0.3, -0.25) is 14.4 Å². The number of anilines is 2. The minimum atomic E-state index is -0.521. The molecule has 0 radical (unpaired) electrons. The minimum absolute atomic E-state index is 0.105. The van der Waals surface area contributed by atoms with Gasteiger partial charge in [0.05, 0.1) is 23.2 Å². The van der Waals surface area contributed by atoms with Crippen molar-refractivity contribution in [1.82, 2.24) is 5.32 Å². The zero-order chi connectivity index (χ0) is 23.4. The van der Waals surface area contributed by atoms with E-state index in [0.717, 1.165) is 5.56 Å². The van der Waals surface area contributed by atoms with Crippen LogP contribution in [-0.4, -0.2) is 24.3 Å². The molecule has 2 N–H and O–H groups in total. The van der Waals surface area contributed by atoms with Gasteiger partial charge >= 0.3 is 0 Å². The number of nitrogens with zero attached hydrogens (tertiary/aromatic N) is 1. The third-order valence-corrected chi connectivity index (χ3v) is 5.96. The summed E-state index contributed by atoms with van der Waals surface area (Å²) < 4.78 is 0. The minimum Gasteiger partial charge on any atom is -0.345 e. The first kappa shape index (κ1) is 22.6. The molecule has 0 unspecified atom stereocenters. The second kappa shape index (κ2) is 9.88. The van der Waals surface area contributed by atoms with Crippen molar-refractivity contribution in [3.05, 3.63) is 95.0 Å². The van der Waals surface area contributed by atoms with Gasteiger partial charge in [0.1, 0.15) is 0 Å². The van der Waals surface area contributed by atoms with Crippen LogP contribution in [0.25, 0.3) is 0 Å². The maximum Gasteiger partial charge on any atom is 0.253 e. The van der Waals surface area contributed by atoms with E-state index in [1.807, 2.05) is 37.3 Å². The topological polar surface area (TPSA) is 78.5 Å². The zero-order valence-electron chi connectivity index (χ0n) is 18.1. The van der Waals surface area contributed by atoms with Crippen molar-refractivity contribution in [2.45, 2.75) is 19.4 Å². The first-order chi connectivity index (χ1) is 15.9. The van der Waals surface area contributed by atoms with Crippen molar-refractivity contribution in [3.63, 3.8) is 0 Å². The van der Waals surface area contributed by atoms with E-state index >= 15 is 0 Å². The number of para-hydroxylation sites is 1. The van der Waals surface area contributed by atoms with Gasteiger partial charge in [-0.25, -0.2) is 0 Å². The van der Waals surface area contributed by atoms with Crippen molar-refractivity contribution in [3.8, 4) is 0 Å². The lowest BCUT2D eigenvalue weighted by Crippen LogP contribution is -2.30. The van der Waals surface area contributed by atoms with Gasteiger partial charge in [0.25, 0.3) is 5.91 Å². The molecular formula is C26H24ClN3O3. The molecule has 1 aliphatic heterocycles. The number of hydrogen-bond acceptors (Lipinski definition) is 3. The predicted molar refractivity (Wildman–Crippen MR) is 129 cm³/mol. The second-order valence-electron chi connectivity index (χ2n) is 8.02.